The standard InChI is InChI=1S/C16H16N6O2/c1-11-4-5-13(24-2)12(8-11)20-16(23)21-14-9-15(18-10-17-14)22-7-3-6-19-22/h3-10H,1-2H3,(H2,17,18,20,21,23). The number of aryl methyl sites for hydroxylation is 1. The van der Waals surface area contributed by atoms with E-state index in [1.807, 2.05) is 19.1 Å². The Balaban J connectivity index is 1.74. The molecule has 0 bridgehead atoms. The Labute approximate surface area is 138 Å². The average Bonchev–Trinajstić information content (AvgIpc) is 3.10. The fraction of sp³-hybridized carbons (Fsp3) is 0.125. The van der Waals surface area contributed by atoms with E-state index >= 15 is 0 Å². The molecule has 122 valence electrons. The van der Waals surface area contributed by atoms with Gasteiger partial charge in [0.15, 0.2) is 5.82 Å². The number of benzene rings is 1. The second kappa shape index (κ2) is 6.78. The quantitative estimate of drug-likeness (QED) is 0.769. The van der Waals surface area contributed by atoms with Gasteiger partial charge in [0.05, 0.1) is 12.8 Å². The molecule has 0 fully saturated rings. The molecule has 1 aromatic carbocycles. The molecule has 0 atom stereocenters. The lowest BCUT2D eigenvalue weighted by Crippen LogP contribution is -2.20. The number of nitrogens with zero attached hydrogens (tertiary/aromatic N) is 4. The van der Waals surface area contributed by atoms with Crippen LogP contribution in [0, 0.1) is 6.92 Å². The monoisotopic (exact) mass is 324 g/mol. The molecule has 3 rings (SSSR count). The number of urea groups is 1. The second-order valence-electron chi connectivity index (χ2n) is 4.99. The van der Waals surface area contributed by atoms with Gasteiger partial charge in [0.1, 0.15) is 17.9 Å². The summed E-state index contributed by atoms with van der Waals surface area (Å²) in [5.74, 6) is 1.49. The summed E-state index contributed by atoms with van der Waals surface area (Å²) in [5.41, 5.74) is 1.59. The molecule has 0 aliphatic rings. The summed E-state index contributed by atoms with van der Waals surface area (Å²) in [4.78, 5) is 20.3. The van der Waals surface area contributed by atoms with E-state index in [1.54, 1.807) is 42.4 Å². The Morgan fingerprint density at radius 2 is 2.08 bits per heavy atom. The van der Waals surface area contributed by atoms with Gasteiger partial charge < -0.3 is 10.1 Å². The van der Waals surface area contributed by atoms with Crippen molar-refractivity contribution in [2.24, 2.45) is 0 Å². The van der Waals surface area contributed by atoms with Crippen molar-refractivity contribution < 1.29 is 9.53 Å². The van der Waals surface area contributed by atoms with Crippen LogP contribution in [0.1, 0.15) is 5.56 Å². The number of carbonyl (C=O) groups excluding carboxylic acids is 1. The zero-order valence-corrected chi connectivity index (χ0v) is 13.2. The number of ether oxygens (including phenoxy) is 1. The Hall–Kier alpha value is -3.42. The number of hydrogen-bond donors (Lipinski definition) is 2. The van der Waals surface area contributed by atoms with Crippen LogP contribution < -0.4 is 15.4 Å². The summed E-state index contributed by atoms with van der Waals surface area (Å²) in [6, 6.07) is 8.51. The number of amides is 2. The van der Waals surface area contributed by atoms with E-state index in [-0.39, 0.29) is 0 Å². The maximum atomic E-state index is 12.2. The smallest absolute Gasteiger partial charge is 0.324 e. The van der Waals surface area contributed by atoms with E-state index in [0.29, 0.717) is 23.1 Å². The van der Waals surface area contributed by atoms with Crippen molar-refractivity contribution >= 4 is 17.5 Å². The summed E-state index contributed by atoms with van der Waals surface area (Å²) in [7, 11) is 1.55. The van der Waals surface area contributed by atoms with Crippen LogP contribution in [0.25, 0.3) is 5.82 Å². The summed E-state index contributed by atoms with van der Waals surface area (Å²) in [6.07, 6.45) is 4.76. The lowest BCUT2D eigenvalue weighted by molar-refractivity contribution is 0.262. The second-order valence-corrected chi connectivity index (χ2v) is 4.99. The summed E-state index contributed by atoms with van der Waals surface area (Å²) in [5, 5.41) is 9.50. The van der Waals surface area contributed by atoms with Crippen LogP contribution in [0.4, 0.5) is 16.3 Å². The fourth-order valence-electron chi connectivity index (χ4n) is 2.13. The van der Waals surface area contributed by atoms with Crippen molar-refractivity contribution in [3.63, 3.8) is 0 Å². The third-order valence-corrected chi connectivity index (χ3v) is 3.24. The predicted octanol–water partition coefficient (Wildman–Crippen LogP) is 2.62. The lowest BCUT2D eigenvalue weighted by Gasteiger charge is -2.12. The highest BCUT2D eigenvalue weighted by atomic mass is 16.5. The van der Waals surface area contributed by atoms with E-state index in [2.05, 4.69) is 25.7 Å². The molecule has 24 heavy (non-hydrogen) atoms. The molecular weight excluding hydrogens is 308 g/mol. The largest absolute Gasteiger partial charge is 0.495 e. The number of aromatic nitrogens is 4. The molecular formula is C16H16N6O2. The van der Waals surface area contributed by atoms with Gasteiger partial charge in [-0.3, -0.25) is 5.32 Å². The molecule has 2 heterocycles. The molecule has 2 amide bonds. The molecule has 8 nitrogen and oxygen atoms in total. The molecule has 0 radical (unpaired) electrons. The third-order valence-electron chi connectivity index (χ3n) is 3.24. The molecule has 8 heteroatoms. The molecule has 2 aromatic heterocycles. The highest BCUT2D eigenvalue weighted by Gasteiger charge is 2.09. The first-order chi connectivity index (χ1) is 11.7. The van der Waals surface area contributed by atoms with Gasteiger partial charge in [0, 0.05) is 18.5 Å². The number of methoxy groups -OCH3 is 1. The number of nitrogens with one attached hydrogen (secondary N) is 2. The first kappa shape index (κ1) is 15.5. The van der Waals surface area contributed by atoms with Gasteiger partial charge in [-0.05, 0) is 30.7 Å². The van der Waals surface area contributed by atoms with Crippen LogP contribution in [0.15, 0.2) is 49.1 Å². The van der Waals surface area contributed by atoms with Crippen molar-refractivity contribution in [1.29, 1.82) is 0 Å². The Bertz CT molecular complexity index is 848. The van der Waals surface area contributed by atoms with Crippen molar-refractivity contribution in [3.05, 3.63) is 54.6 Å². The van der Waals surface area contributed by atoms with Crippen molar-refractivity contribution in [2.45, 2.75) is 6.92 Å². The van der Waals surface area contributed by atoms with Gasteiger partial charge >= 0.3 is 6.03 Å². The zero-order valence-electron chi connectivity index (χ0n) is 13.2. The van der Waals surface area contributed by atoms with E-state index in [0.717, 1.165) is 5.56 Å². The highest BCUT2D eigenvalue weighted by Crippen LogP contribution is 2.25. The van der Waals surface area contributed by atoms with Gasteiger partial charge in [-0.1, -0.05) is 6.07 Å². The Kier molecular flexibility index (Phi) is 4.37. The molecule has 0 saturated heterocycles. The minimum absolute atomic E-state index is 0.361. The van der Waals surface area contributed by atoms with Crippen molar-refractivity contribution in [2.75, 3.05) is 17.7 Å². The first-order valence-corrected chi connectivity index (χ1v) is 7.20. The third kappa shape index (κ3) is 3.49. The summed E-state index contributed by atoms with van der Waals surface area (Å²) >= 11 is 0. The molecule has 2 N–H and O–H groups in total. The normalized spacial score (nSPS) is 10.2. The molecule has 3 aromatic rings. The SMILES string of the molecule is COc1ccc(C)cc1NC(=O)Nc1cc(-n2cccn2)ncn1. The number of anilines is 2. The topological polar surface area (TPSA) is 94.0 Å². The minimum Gasteiger partial charge on any atom is -0.495 e. The number of carbonyl (C=O) groups is 1. The maximum Gasteiger partial charge on any atom is 0.324 e. The van der Waals surface area contributed by atoms with Gasteiger partial charge in [-0.15, -0.1) is 0 Å². The van der Waals surface area contributed by atoms with Gasteiger partial charge in [0.2, 0.25) is 0 Å². The van der Waals surface area contributed by atoms with Gasteiger partial charge in [0.25, 0.3) is 0 Å². The van der Waals surface area contributed by atoms with Crippen molar-refractivity contribution in [3.8, 4) is 11.6 Å². The van der Waals surface area contributed by atoms with E-state index in [1.165, 1.54) is 6.33 Å². The van der Waals surface area contributed by atoms with Crippen LogP contribution >= 0.6 is 0 Å². The molecule has 0 aliphatic heterocycles. The number of rotatable bonds is 4. The van der Waals surface area contributed by atoms with E-state index < -0.39 is 6.03 Å². The minimum atomic E-state index is -0.427. The first-order valence-electron chi connectivity index (χ1n) is 7.20. The highest BCUT2D eigenvalue weighted by molar-refractivity contribution is 6.00. The van der Waals surface area contributed by atoms with Crippen LogP contribution in [0.3, 0.4) is 0 Å². The van der Waals surface area contributed by atoms with E-state index in [4.69, 9.17) is 4.74 Å². The molecule has 0 saturated carbocycles. The maximum absolute atomic E-state index is 12.2. The Morgan fingerprint density at radius 1 is 1.21 bits per heavy atom. The van der Waals surface area contributed by atoms with Crippen LogP contribution in [0.2, 0.25) is 0 Å². The van der Waals surface area contributed by atoms with Gasteiger partial charge in [-0.25, -0.2) is 19.4 Å². The Morgan fingerprint density at radius 3 is 2.83 bits per heavy atom. The summed E-state index contributed by atoms with van der Waals surface area (Å²) in [6.45, 7) is 1.93. The van der Waals surface area contributed by atoms with Gasteiger partial charge in [-0.2, -0.15) is 5.10 Å². The summed E-state index contributed by atoms with van der Waals surface area (Å²) < 4.78 is 6.82. The van der Waals surface area contributed by atoms with Crippen LogP contribution in [-0.2, 0) is 0 Å². The molecule has 0 unspecified atom stereocenters. The van der Waals surface area contributed by atoms with E-state index in [9.17, 15) is 4.79 Å². The molecule has 0 spiro atoms. The zero-order chi connectivity index (χ0) is 16.9. The average molecular weight is 324 g/mol. The van der Waals surface area contributed by atoms with Crippen LogP contribution in [-0.4, -0.2) is 32.9 Å². The van der Waals surface area contributed by atoms with Crippen LogP contribution in [0.5, 0.6) is 5.75 Å². The lowest BCUT2D eigenvalue weighted by atomic mass is 10.2. The fourth-order valence-corrected chi connectivity index (χ4v) is 2.13. The predicted molar refractivity (Wildman–Crippen MR) is 89.5 cm³/mol. The number of hydrogen-bond acceptors (Lipinski definition) is 5. The van der Waals surface area contributed by atoms with Crippen molar-refractivity contribution in [1.82, 2.24) is 19.7 Å². The molecule has 0 aliphatic carbocycles.